The Kier molecular flexibility index (Phi) is 10.1. The number of phenolic OH excluding ortho intramolecular Hbond substituents is 1. The standard InChI is InChI=1S/C28H41N3O/c1-3-4-5-6-7-8-9-10-11-12-13-14-15-18-24-21-23(2)22-27(28(24)32)31-29-25-19-16-17-20-26(25)30-31/h16-17,19-22,32H,3-15,18H2,1-2H3. The fourth-order valence-electron chi connectivity index (χ4n) is 4.48. The molecule has 0 unspecified atom stereocenters. The first kappa shape index (κ1) is 24.3. The molecule has 0 fully saturated rings. The first-order valence-corrected chi connectivity index (χ1v) is 12.8. The van der Waals surface area contributed by atoms with Gasteiger partial charge in [0.05, 0.1) is 0 Å². The molecule has 1 heterocycles. The molecule has 1 N–H and O–H groups in total. The third-order valence-corrected chi connectivity index (χ3v) is 6.36. The van der Waals surface area contributed by atoms with E-state index in [1.54, 1.807) is 4.80 Å². The highest BCUT2D eigenvalue weighted by atomic mass is 16.3. The first-order valence-electron chi connectivity index (χ1n) is 12.8. The van der Waals surface area contributed by atoms with Crippen LogP contribution in [-0.4, -0.2) is 20.1 Å². The average Bonchev–Trinajstić information content (AvgIpc) is 3.23. The molecule has 0 amide bonds. The van der Waals surface area contributed by atoms with E-state index >= 15 is 0 Å². The number of phenols is 1. The summed E-state index contributed by atoms with van der Waals surface area (Å²) in [5.41, 5.74) is 4.48. The van der Waals surface area contributed by atoms with Crippen molar-refractivity contribution in [3.8, 4) is 11.4 Å². The number of benzene rings is 2. The molecule has 0 atom stereocenters. The molecule has 1 aromatic heterocycles. The zero-order chi connectivity index (χ0) is 22.6. The molecule has 0 aliphatic carbocycles. The van der Waals surface area contributed by atoms with Gasteiger partial charge in [0, 0.05) is 0 Å². The maximum Gasteiger partial charge on any atom is 0.146 e. The Balaban J connectivity index is 1.38. The molecule has 0 saturated heterocycles. The van der Waals surface area contributed by atoms with Gasteiger partial charge in [0.1, 0.15) is 22.5 Å². The Morgan fingerprint density at radius 3 is 1.75 bits per heavy atom. The van der Waals surface area contributed by atoms with Crippen LogP contribution in [-0.2, 0) is 6.42 Å². The number of aryl methyl sites for hydroxylation is 2. The van der Waals surface area contributed by atoms with Gasteiger partial charge < -0.3 is 5.11 Å². The van der Waals surface area contributed by atoms with Crippen LogP contribution in [0.3, 0.4) is 0 Å². The van der Waals surface area contributed by atoms with E-state index in [0.29, 0.717) is 11.4 Å². The predicted octanol–water partition coefficient (Wildman–Crippen LogP) is 8.07. The van der Waals surface area contributed by atoms with E-state index in [0.717, 1.165) is 35.0 Å². The lowest BCUT2D eigenvalue weighted by Crippen LogP contribution is -2.02. The highest BCUT2D eigenvalue weighted by Crippen LogP contribution is 2.29. The van der Waals surface area contributed by atoms with Crippen LogP contribution in [0.1, 0.15) is 102 Å². The second-order valence-electron chi connectivity index (χ2n) is 9.26. The van der Waals surface area contributed by atoms with Gasteiger partial charge in [0.25, 0.3) is 0 Å². The van der Waals surface area contributed by atoms with Crippen LogP contribution in [0.15, 0.2) is 36.4 Å². The molecule has 0 aliphatic heterocycles. The maximum absolute atomic E-state index is 10.9. The maximum atomic E-state index is 10.9. The fraction of sp³-hybridized carbons (Fsp3) is 0.571. The fourth-order valence-corrected chi connectivity index (χ4v) is 4.48. The largest absolute Gasteiger partial charge is 0.505 e. The number of rotatable bonds is 15. The van der Waals surface area contributed by atoms with E-state index < -0.39 is 0 Å². The zero-order valence-electron chi connectivity index (χ0n) is 20.2. The van der Waals surface area contributed by atoms with Gasteiger partial charge in [-0.1, -0.05) is 102 Å². The van der Waals surface area contributed by atoms with Crippen molar-refractivity contribution in [2.24, 2.45) is 0 Å². The van der Waals surface area contributed by atoms with Crippen LogP contribution in [0, 0.1) is 6.92 Å². The third-order valence-electron chi connectivity index (χ3n) is 6.36. The van der Waals surface area contributed by atoms with Crippen LogP contribution < -0.4 is 0 Å². The van der Waals surface area contributed by atoms with Crippen LogP contribution in [0.5, 0.6) is 5.75 Å². The molecule has 0 aliphatic rings. The van der Waals surface area contributed by atoms with Crippen LogP contribution in [0.2, 0.25) is 0 Å². The lowest BCUT2D eigenvalue weighted by Gasteiger charge is -2.11. The molecule has 4 heteroatoms. The van der Waals surface area contributed by atoms with Gasteiger partial charge in [-0.3, -0.25) is 0 Å². The summed E-state index contributed by atoms with van der Waals surface area (Å²) >= 11 is 0. The molecule has 32 heavy (non-hydrogen) atoms. The molecule has 0 radical (unpaired) electrons. The van der Waals surface area contributed by atoms with Gasteiger partial charge in [-0.2, -0.15) is 0 Å². The predicted molar refractivity (Wildman–Crippen MR) is 135 cm³/mol. The molecular formula is C28H41N3O. The molecule has 3 rings (SSSR count). The Hall–Kier alpha value is -2.36. The van der Waals surface area contributed by atoms with E-state index in [4.69, 9.17) is 0 Å². The minimum Gasteiger partial charge on any atom is -0.505 e. The van der Waals surface area contributed by atoms with E-state index in [1.807, 2.05) is 30.3 Å². The summed E-state index contributed by atoms with van der Waals surface area (Å²) in [6, 6.07) is 11.9. The number of aromatic nitrogens is 3. The summed E-state index contributed by atoms with van der Waals surface area (Å²) in [4.78, 5) is 1.57. The summed E-state index contributed by atoms with van der Waals surface area (Å²) in [6.07, 6.45) is 18.5. The van der Waals surface area contributed by atoms with E-state index in [9.17, 15) is 5.11 Å². The molecule has 3 aromatic rings. The molecule has 0 bridgehead atoms. The summed E-state index contributed by atoms with van der Waals surface area (Å²) in [7, 11) is 0. The average molecular weight is 436 g/mol. The van der Waals surface area contributed by atoms with Crippen molar-refractivity contribution >= 4 is 11.0 Å². The van der Waals surface area contributed by atoms with Crippen LogP contribution >= 0.6 is 0 Å². The molecule has 4 nitrogen and oxygen atoms in total. The zero-order valence-corrected chi connectivity index (χ0v) is 20.2. The highest BCUT2D eigenvalue weighted by molar-refractivity contribution is 5.73. The monoisotopic (exact) mass is 435 g/mol. The van der Waals surface area contributed by atoms with Gasteiger partial charge in [-0.05, 0) is 49.1 Å². The SMILES string of the molecule is CCCCCCCCCCCCCCCc1cc(C)cc(-n2nc3ccccc3n2)c1O. The van der Waals surface area contributed by atoms with Crippen molar-refractivity contribution in [3.63, 3.8) is 0 Å². The number of fused-ring (bicyclic) bond motifs is 1. The van der Waals surface area contributed by atoms with Gasteiger partial charge >= 0.3 is 0 Å². The number of hydrogen-bond donors (Lipinski definition) is 1. The van der Waals surface area contributed by atoms with Crippen LogP contribution in [0.4, 0.5) is 0 Å². The summed E-state index contributed by atoms with van der Waals surface area (Å²) in [6.45, 7) is 4.35. The van der Waals surface area contributed by atoms with Gasteiger partial charge in [0.15, 0.2) is 0 Å². The van der Waals surface area contributed by atoms with Crippen molar-refractivity contribution in [2.75, 3.05) is 0 Å². The lowest BCUT2D eigenvalue weighted by atomic mass is 10.0. The molecular weight excluding hydrogens is 394 g/mol. The molecule has 174 valence electrons. The van der Waals surface area contributed by atoms with E-state index in [2.05, 4.69) is 30.1 Å². The number of unbranched alkanes of at least 4 members (excludes halogenated alkanes) is 12. The van der Waals surface area contributed by atoms with Crippen molar-refractivity contribution in [1.82, 2.24) is 15.0 Å². The molecule has 0 spiro atoms. The Labute approximate surface area is 194 Å². The van der Waals surface area contributed by atoms with Gasteiger partial charge in [-0.25, -0.2) is 0 Å². The van der Waals surface area contributed by atoms with Gasteiger partial charge in [0.2, 0.25) is 0 Å². The minimum atomic E-state index is 0.315. The Bertz CT molecular complexity index is 914. The minimum absolute atomic E-state index is 0.315. The van der Waals surface area contributed by atoms with E-state index in [-0.39, 0.29) is 0 Å². The summed E-state index contributed by atoms with van der Waals surface area (Å²) < 4.78 is 0. The summed E-state index contributed by atoms with van der Waals surface area (Å²) in [5, 5.41) is 20.0. The molecule has 2 aromatic carbocycles. The second kappa shape index (κ2) is 13.2. The Morgan fingerprint density at radius 1 is 0.719 bits per heavy atom. The lowest BCUT2D eigenvalue weighted by molar-refractivity contribution is 0.458. The first-order chi connectivity index (χ1) is 15.7. The number of nitrogens with zero attached hydrogens (tertiary/aromatic N) is 3. The topological polar surface area (TPSA) is 50.9 Å². The van der Waals surface area contributed by atoms with Crippen molar-refractivity contribution in [1.29, 1.82) is 0 Å². The summed E-state index contributed by atoms with van der Waals surface area (Å²) in [5.74, 6) is 0.315. The van der Waals surface area contributed by atoms with Crippen molar-refractivity contribution < 1.29 is 5.11 Å². The van der Waals surface area contributed by atoms with Crippen molar-refractivity contribution in [2.45, 2.75) is 104 Å². The van der Waals surface area contributed by atoms with Crippen molar-refractivity contribution in [3.05, 3.63) is 47.5 Å². The normalized spacial score (nSPS) is 11.4. The number of aromatic hydroxyl groups is 1. The van der Waals surface area contributed by atoms with Gasteiger partial charge in [-0.15, -0.1) is 15.0 Å². The number of hydrogen-bond acceptors (Lipinski definition) is 3. The van der Waals surface area contributed by atoms with Crippen LogP contribution in [0.25, 0.3) is 16.7 Å². The Morgan fingerprint density at radius 2 is 1.22 bits per heavy atom. The van der Waals surface area contributed by atoms with E-state index in [1.165, 1.54) is 77.0 Å². The quantitative estimate of drug-likeness (QED) is 0.246. The second-order valence-corrected chi connectivity index (χ2v) is 9.26. The molecule has 0 saturated carbocycles. The third kappa shape index (κ3) is 7.36. The highest BCUT2D eigenvalue weighted by Gasteiger charge is 2.13. The smallest absolute Gasteiger partial charge is 0.146 e.